The second-order valence-corrected chi connectivity index (χ2v) is 5.13. The van der Waals surface area contributed by atoms with Crippen molar-refractivity contribution in [3.63, 3.8) is 0 Å². The summed E-state index contributed by atoms with van der Waals surface area (Å²) in [5.41, 5.74) is 0.0442. The maximum Gasteiger partial charge on any atom is 0.244 e. The molecule has 0 heterocycles. The van der Waals surface area contributed by atoms with Gasteiger partial charge in [-0.25, -0.2) is 0 Å². The third-order valence-electron chi connectivity index (χ3n) is 2.39. The molecule has 5 heteroatoms. The molecule has 0 radical (unpaired) electrons. The van der Waals surface area contributed by atoms with Gasteiger partial charge in [0.05, 0.1) is 20.7 Å². The Labute approximate surface area is 109 Å². The molecule has 0 aliphatic heterocycles. The van der Waals surface area contributed by atoms with Crippen LogP contribution in [0.5, 0.6) is 0 Å². The van der Waals surface area contributed by atoms with Crippen LogP contribution in [0.2, 0.25) is 5.02 Å². The highest BCUT2D eigenvalue weighted by Gasteiger charge is 2.25. The van der Waals surface area contributed by atoms with Gasteiger partial charge in [0.25, 0.3) is 0 Å². The summed E-state index contributed by atoms with van der Waals surface area (Å²) in [6.45, 7) is 3.61. The number of amides is 1. The Morgan fingerprint density at radius 3 is 2.62 bits per heavy atom. The van der Waals surface area contributed by atoms with Crippen molar-refractivity contribution in [2.45, 2.75) is 19.4 Å². The van der Waals surface area contributed by atoms with E-state index in [9.17, 15) is 4.79 Å². The van der Waals surface area contributed by atoms with E-state index in [1.807, 2.05) is 0 Å². The fourth-order valence-corrected chi connectivity index (χ4v) is 1.53. The zero-order valence-electron chi connectivity index (χ0n) is 9.40. The zero-order valence-corrected chi connectivity index (χ0v) is 11.7. The smallest absolute Gasteiger partial charge is 0.244 e. The number of hydrogen-bond acceptors (Lipinski definition) is 2. The molecule has 0 bridgehead atoms. The van der Waals surface area contributed by atoms with Gasteiger partial charge in [0.1, 0.15) is 0 Å². The van der Waals surface area contributed by atoms with E-state index in [-0.39, 0.29) is 5.91 Å². The number of halogens is 2. The molecular formula is C11H14BrClN2O. The first-order chi connectivity index (χ1) is 7.38. The molecule has 0 fully saturated rings. The molecule has 1 amide bonds. The van der Waals surface area contributed by atoms with Crippen LogP contribution >= 0.6 is 27.5 Å². The number of likely N-dealkylation sites (N-methyl/N-ethyl adjacent to an activating group) is 1. The monoisotopic (exact) mass is 304 g/mol. The van der Waals surface area contributed by atoms with Crippen molar-refractivity contribution < 1.29 is 4.79 Å². The van der Waals surface area contributed by atoms with Crippen LogP contribution in [0.1, 0.15) is 13.8 Å². The van der Waals surface area contributed by atoms with Crippen LogP contribution in [0.4, 0.5) is 5.69 Å². The quantitative estimate of drug-likeness (QED) is 0.901. The summed E-state index contributed by atoms with van der Waals surface area (Å²) < 4.78 is 0.692. The number of rotatable bonds is 3. The van der Waals surface area contributed by atoms with Crippen LogP contribution < -0.4 is 10.6 Å². The summed E-state index contributed by atoms with van der Waals surface area (Å²) in [6, 6.07) is 5.33. The predicted molar refractivity (Wildman–Crippen MR) is 70.9 cm³/mol. The molecule has 0 aliphatic rings. The van der Waals surface area contributed by atoms with Crippen molar-refractivity contribution in [1.29, 1.82) is 0 Å². The third kappa shape index (κ3) is 2.97. The topological polar surface area (TPSA) is 41.1 Å². The minimum atomic E-state index is -0.623. The summed E-state index contributed by atoms with van der Waals surface area (Å²) in [5.74, 6) is -0.113. The van der Waals surface area contributed by atoms with Gasteiger partial charge in [-0.15, -0.1) is 0 Å². The first-order valence-electron chi connectivity index (χ1n) is 4.83. The lowest BCUT2D eigenvalue weighted by Crippen LogP contribution is -2.47. The minimum Gasteiger partial charge on any atom is -0.323 e. The highest BCUT2D eigenvalue weighted by molar-refractivity contribution is 9.10. The van der Waals surface area contributed by atoms with E-state index in [0.29, 0.717) is 15.2 Å². The normalized spacial score (nSPS) is 11.3. The average Bonchev–Trinajstić information content (AvgIpc) is 2.24. The second kappa shape index (κ2) is 5.17. The highest BCUT2D eigenvalue weighted by Crippen LogP contribution is 2.30. The molecule has 0 aromatic heterocycles. The van der Waals surface area contributed by atoms with Crippen LogP contribution in [0.15, 0.2) is 22.7 Å². The van der Waals surface area contributed by atoms with Crippen molar-refractivity contribution in [3.8, 4) is 0 Å². The Morgan fingerprint density at radius 1 is 1.44 bits per heavy atom. The van der Waals surface area contributed by atoms with Crippen molar-refractivity contribution in [3.05, 3.63) is 27.7 Å². The molecule has 0 aliphatic carbocycles. The van der Waals surface area contributed by atoms with Crippen molar-refractivity contribution in [2.24, 2.45) is 0 Å². The Morgan fingerprint density at radius 2 is 2.06 bits per heavy atom. The number of carbonyl (C=O) groups excluding carboxylic acids is 1. The molecule has 3 nitrogen and oxygen atoms in total. The molecule has 2 N–H and O–H groups in total. The Kier molecular flexibility index (Phi) is 4.35. The highest BCUT2D eigenvalue weighted by atomic mass is 79.9. The molecule has 0 spiro atoms. The van der Waals surface area contributed by atoms with Gasteiger partial charge in [-0.1, -0.05) is 17.7 Å². The number of hydrogen-bond donors (Lipinski definition) is 2. The van der Waals surface area contributed by atoms with Gasteiger partial charge in [0.15, 0.2) is 0 Å². The molecule has 0 saturated heterocycles. The second-order valence-electron chi connectivity index (χ2n) is 3.93. The first-order valence-corrected chi connectivity index (χ1v) is 6.00. The van der Waals surface area contributed by atoms with Gasteiger partial charge in [0, 0.05) is 0 Å². The molecule has 0 unspecified atom stereocenters. The molecule has 0 saturated carbocycles. The summed E-state index contributed by atoms with van der Waals surface area (Å²) in [6.07, 6.45) is 0. The Bertz CT molecular complexity index is 407. The van der Waals surface area contributed by atoms with Crippen LogP contribution in [0.3, 0.4) is 0 Å². The molecule has 1 aromatic rings. The summed E-state index contributed by atoms with van der Waals surface area (Å²) in [5, 5.41) is 6.31. The van der Waals surface area contributed by atoms with E-state index in [1.54, 1.807) is 39.1 Å². The minimum absolute atomic E-state index is 0.113. The van der Waals surface area contributed by atoms with Gasteiger partial charge in [-0.2, -0.15) is 0 Å². The van der Waals surface area contributed by atoms with Gasteiger partial charge in [0.2, 0.25) is 5.91 Å². The largest absolute Gasteiger partial charge is 0.323 e. The molecule has 88 valence electrons. The average molecular weight is 306 g/mol. The lowest BCUT2D eigenvalue weighted by Gasteiger charge is -2.23. The number of anilines is 1. The third-order valence-corrected chi connectivity index (χ3v) is 3.79. The van der Waals surface area contributed by atoms with E-state index in [2.05, 4.69) is 26.6 Å². The maximum atomic E-state index is 11.9. The van der Waals surface area contributed by atoms with Crippen LogP contribution in [-0.2, 0) is 4.79 Å². The lowest BCUT2D eigenvalue weighted by atomic mass is 10.1. The lowest BCUT2D eigenvalue weighted by molar-refractivity contribution is -0.121. The fourth-order valence-electron chi connectivity index (χ4n) is 0.992. The molecule has 0 atom stereocenters. The molecular weight excluding hydrogens is 291 g/mol. The van der Waals surface area contributed by atoms with Crippen molar-refractivity contribution in [2.75, 3.05) is 12.4 Å². The van der Waals surface area contributed by atoms with Crippen LogP contribution in [-0.4, -0.2) is 18.5 Å². The molecule has 1 rings (SSSR count). The van der Waals surface area contributed by atoms with E-state index < -0.39 is 5.54 Å². The zero-order chi connectivity index (χ0) is 12.3. The van der Waals surface area contributed by atoms with E-state index in [0.717, 1.165) is 0 Å². The van der Waals surface area contributed by atoms with E-state index in [1.165, 1.54) is 0 Å². The van der Waals surface area contributed by atoms with Gasteiger partial charge in [-0.3, -0.25) is 4.79 Å². The standard InChI is InChI=1S/C11H14BrClN2O/c1-11(2,14-3)10(16)15-8-6-4-5-7(13)9(8)12/h4-6,14H,1-3H3,(H,15,16). The first kappa shape index (κ1) is 13.5. The maximum absolute atomic E-state index is 11.9. The van der Waals surface area contributed by atoms with Crippen molar-refractivity contribution >= 4 is 39.1 Å². The van der Waals surface area contributed by atoms with E-state index in [4.69, 9.17) is 11.6 Å². The van der Waals surface area contributed by atoms with Gasteiger partial charge in [-0.05, 0) is 49.0 Å². The fraction of sp³-hybridized carbons (Fsp3) is 0.364. The summed E-state index contributed by atoms with van der Waals surface area (Å²) in [7, 11) is 1.74. The van der Waals surface area contributed by atoms with Crippen LogP contribution in [0, 0.1) is 0 Å². The predicted octanol–water partition coefficient (Wildman–Crippen LogP) is 3.04. The number of carbonyl (C=O) groups is 1. The van der Waals surface area contributed by atoms with Crippen LogP contribution in [0.25, 0.3) is 0 Å². The van der Waals surface area contributed by atoms with Crippen molar-refractivity contribution in [1.82, 2.24) is 5.32 Å². The van der Waals surface area contributed by atoms with Gasteiger partial charge < -0.3 is 10.6 Å². The Hall–Kier alpha value is -0.580. The Balaban J connectivity index is 2.90. The summed E-state index contributed by atoms with van der Waals surface area (Å²) in [4.78, 5) is 11.9. The van der Waals surface area contributed by atoms with Gasteiger partial charge >= 0.3 is 0 Å². The summed E-state index contributed by atoms with van der Waals surface area (Å²) >= 11 is 9.26. The van der Waals surface area contributed by atoms with E-state index >= 15 is 0 Å². The SMILES string of the molecule is CNC(C)(C)C(=O)Nc1cccc(Cl)c1Br. The number of benzene rings is 1. The number of nitrogens with one attached hydrogen (secondary N) is 2. The molecule has 1 aromatic carbocycles. The molecule has 16 heavy (non-hydrogen) atoms.